The smallest absolute Gasteiger partial charge is 0.408 e. The number of alkyl carbamates (subject to hydrolysis) is 1. The molecule has 4 rings (SSSR count). The van der Waals surface area contributed by atoms with Gasteiger partial charge in [0.05, 0.1) is 55.1 Å². The molecule has 13 nitrogen and oxygen atoms in total. The molecule has 1 amide bonds. The molecule has 0 radical (unpaired) electrons. The monoisotopic (exact) mass is 655 g/mol. The van der Waals surface area contributed by atoms with E-state index in [-0.39, 0.29) is 37.6 Å². The lowest BCUT2D eigenvalue weighted by Gasteiger charge is -2.48. The third-order valence-corrected chi connectivity index (χ3v) is 10.8. The van der Waals surface area contributed by atoms with Gasteiger partial charge in [-0.2, -0.15) is 0 Å². The minimum atomic E-state index is -1.28. The number of hydrogen-bond acceptors (Lipinski definition) is 12. The number of aliphatic hydroxyl groups is 1. The van der Waals surface area contributed by atoms with Gasteiger partial charge in [0.15, 0.2) is 11.9 Å². The third kappa shape index (κ3) is 7.25. The maximum atomic E-state index is 14.2. The molecule has 4 N–H and O–H groups in total. The maximum Gasteiger partial charge on any atom is 0.408 e. The number of likely N-dealkylation sites (N-methyl/N-ethyl adjacent to an activating group) is 1. The van der Waals surface area contributed by atoms with Gasteiger partial charge in [-0.3, -0.25) is 9.59 Å². The number of Topliss-reactive ketones (excluding diaryl/α,β-unsaturated/α-hetero) is 1. The van der Waals surface area contributed by atoms with Crippen LogP contribution in [-0.2, 0) is 38.0 Å². The molecule has 0 aromatic heterocycles. The quantitative estimate of drug-likeness (QED) is 0.378. The topological polar surface area (TPSA) is 168 Å². The molecule has 4 fully saturated rings. The van der Waals surface area contributed by atoms with Crippen LogP contribution in [0, 0.1) is 23.7 Å². The summed E-state index contributed by atoms with van der Waals surface area (Å²) < 4.78 is 37.9. The Kier molecular flexibility index (Phi) is 11.5. The van der Waals surface area contributed by atoms with E-state index in [2.05, 4.69) is 5.32 Å². The molecule has 4 saturated heterocycles. The van der Waals surface area contributed by atoms with Crippen molar-refractivity contribution in [3.8, 4) is 0 Å². The number of carbonyl (C=O) groups is 3. The van der Waals surface area contributed by atoms with Crippen molar-refractivity contribution in [2.75, 3.05) is 27.3 Å². The van der Waals surface area contributed by atoms with E-state index < -0.39 is 89.7 Å². The summed E-state index contributed by atoms with van der Waals surface area (Å²) in [5.41, 5.74) is 4.03. The number of ether oxygens (including phenoxy) is 6. The molecular formula is C33H57N3O10. The number of esters is 1. The van der Waals surface area contributed by atoms with Crippen molar-refractivity contribution >= 4 is 17.8 Å². The number of fused-ring (bicyclic) bond motifs is 4. The van der Waals surface area contributed by atoms with Crippen molar-refractivity contribution in [3.63, 3.8) is 0 Å². The summed E-state index contributed by atoms with van der Waals surface area (Å²) in [4.78, 5) is 42.7. The second-order valence-corrected chi connectivity index (χ2v) is 14.8. The molecular weight excluding hydrogens is 598 g/mol. The largest absolute Gasteiger partial charge is 0.458 e. The van der Waals surface area contributed by atoms with Crippen molar-refractivity contribution in [1.82, 2.24) is 10.2 Å². The fourth-order valence-electron chi connectivity index (χ4n) is 8.14. The summed E-state index contributed by atoms with van der Waals surface area (Å²) in [6.45, 7) is 14.9. The number of nitrogens with one attached hydrogen (secondary N) is 1. The lowest BCUT2D eigenvalue weighted by atomic mass is 9.73. The van der Waals surface area contributed by atoms with Crippen LogP contribution in [0.2, 0.25) is 0 Å². The van der Waals surface area contributed by atoms with Crippen LogP contribution in [0.15, 0.2) is 0 Å². The van der Waals surface area contributed by atoms with E-state index in [1.54, 1.807) is 20.8 Å². The van der Waals surface area contributed by atoms with Gasteiger partial charge in [-0.05, 0) is 61.1 Å². The number of amides is 1. The first-order chi connectivity index (χ1) is 21.4. The average Bonchev–Trinajstić information content (AvgIpc) is 3.32. The molecule has 15 atom stereocenters. The molecule has 0 aliphatic carbocycles. The Bertz CT molecular complexity index is 1110. The third-order valence-electron chi connectivity index (χ3n) is 10.8. The number of ketones is 1. The first-order valence-corrected chi connectivity index (χ1v) is 16.8. The highest BCUT2D eigenvalue weighted by Gasteiger charge is 2.57. The standard InChI is InChI=1S/C33H57N3O10/c1-11-23-33(8)27(35-31(40)46-33)18(4)24(37)16(2)13-32(7)28(45-30-25(38)22(36(9)10)12-17(3)43-30)19(5)26(20(6)29(39)44-23)41-14-21(34)15-42-32/h16-23,25-28,30,38H,11-15,34H2,1-10H3,(H,35,40)/t16-,17-,18+,19+,20-,21?,22+,23-,25-,26+,27-,28-,30+,32-,33-/m1/s1. The summed E-state index contributed by atoms with van der Waals surface area (Å²) in [5, 5.41) is 14.3. The van der Waals surface area contributed by atoms with Crippen LogP contribution >= 0.6 is 0 Å². The van der Waals surface area contributed by atoms with E-state index in [1.807, 2.05) is 53.6 Å². The van der Waals surface area contributed by atoms with E-state index in [9.17, 15) is 19.5 Å². The predicted octanol–water partition coefficient (Wildman–Crippen LogP) is 2.01. The molecule has 46 heavy (non-hydrogen) atoms. The molecule has 0 spiro atoms. The summed E-state index contributed by atoms with van der Waals surface area (Å²) in [6, 6.07) is -1.47. The van der Waals surface area contributed by atoms with Gasteiger partial charge in [-0.25, -0.2) is 4.79 Å². The van der Waals surface area contributed by atoms with Crippen molar-refractivity contribution in [2.45, 2.75) is 141 Å². The Morgan fingerprint density at radius 3 is 2.37 bits per heavy atom. The minimum Gasteiger partial charge on any atom is -0.458 e. The van der Waals surface area contributed by atoms with Crippen LogP contribution < -0.4 is 11.1 Å². The van der Waals surface area contributed by atoms with Gasteiger partial charge < -0.3 is 49.5 Å². The molecule has 264 valence electrons. The Morgan fingerprint density at radius 1 is 1.07 bits per heavy atom. The second-order valence-electron chi connectivity index (χ2n) is 14.8. The van der Waals surface area contributed by atoms with Crippen LogP contribution in [0.3, 0.4) is 0 Å². The highest BCUT2D eigenvalue weighted by molar-refractivity contribution is 5.85. The van der Waals surface area contributed by atoms with Gasteiger partial charge >= 0.3 is 12.1 Å². The van der Waals surface area contributed by atoms with E-state index in [0.29, 0.717) is 12.8 Å². The van der Waals surface area contributed by atoms with Crippen molar-refractivity contribution in [2.24, 2.45) is 29.4 Å². The number of rotatable bonds is 4. The number of hydrogen-bond donors (Lipinski definition) is 3. The molecule has 0 aromatic rings. The van der Waals surface area contributed by atoms with Gasteiger partial charge in [-0.1, -0.05) is 27.7 Å². The van der Waals surface area contributed by atoms with Crippen LogP contribution in [0.4, 0.5) is 4.79 Å². The minimum absolute atomic E-state index is 0.110. The number of nitrogens with two attached hydrogens (primary N) is 1. The van der Waals surface area contributed by atoms with Gasteiger partial charge in [0, 0.05) is 23.8 Å². The zero-order valence-corrected chi connectivity index (χ0v) is 29.2. The highest BCUT2D eigenvalue weighted by Crippen LogP contribution is 2.42. The Morgan fingerprint density at radius 2 is 1.74 bits per heavy atom. The zero-order chi connectivity index (χ0) is 34.3. The number of cyclic esters (lactones) is 1. The van der Waals surface area contributed by atoms with Crippen LogP contribution in [0.1, 0.15) is 74.7 Å². The van der Waals surface area contributed by atoms with Crippen LogP contribution in [0.25, 0.3) is 0 Å². The van der Waals surface area contributed by atoms with Gasteiger partial charge in [0.2, 0.25) is 0 Å². The molecule has 4 aliphatic heterocycles. The molecule has 1 unspecified atom stereocenters. The summed E-state index contributed by atoms with van der Waals surface area (Å²) in [5.74, 6) is -3.19. The summed E-state index contributed by atoms with van der Waals surface area (Å²) >= 11 is 0. The molecule has 4 heterocycles. The Labute approximate surface area is 273 Å². The molecule has 0 saturated carbocycles. The van der Waals surface area contributed by atoms with Crippen molar-refractivity contribution in [3.05, 3.63) is 0 Å². The fourth-order valence-corrected chi connectivity index (χ4v) is 8.14. The highest BCUT2D eigenvalue weighted by atomic mass is 16.7. The first kappa shape index (κ1) is 37.0. The van der Waals surface area contributed by atoms with Gasteiger partial charge in [0.1, 0.15) is 18.0 Å². The van der Waals surface area contributed by atoms with Crippen molar-refractivity contribution < 1.29 is 47.9 Å². The number of aliphatic hydroxyl groups excluding tert-OH is 1. The predicted molar refractivity (Wildman–Crippen MR) is 168 cm³/mol. The van der Waals surface area contributed by atoms with E-state index in [4.69, 9.17) is 34.2 Å². The van der Waals surface area contributed by atoms with E-state index in [0.717, 1.165) is 0 Å². The Hall–Kier alpha value is -1.87. The number of nitrogens with zero attached hydrogens (tertiary/aromatic N) is 1. The summed E-state index contributed by atoms with van der Waals surface area (Å²) in [6.07, 6.45) is -4.02. The zero-order valence-electron chi connectivity index (χ0n) is 29.2. The first-order valence-electron chi connectivity index (χ1n) is 16.8. The van der Waals surface area contributed by atoms with Gasteiger partial charge in [0.25, 0.3) is 0 Å². The summed E-state index contributed by atoms with van der Waals surface area (Å²) in [7, 11) is 3.81. The van der Waals surface area contributed by atoms with E-state index >= 15 is 0 Å². The molecule has 0 aromatic carbocycles. The second kappa shape index (κ2) is 14.3. The lowest BCUT2D eigenvalue weighted by Crippen LogP contribution is -2.60. The Balaban J connectivity index is 1.83. The number of carbonyl (C=O) groups excluding carboxylic acids is 3. The molecule has 13 heteroatoms. The maximum absolute atomic E-state index is 14.2. The molecule has 2 bridgehead atoms. The normalized spacial score (nSPS) is 47.9. The lowest BCUT2D eigenvalue weighted by molar-refractivity contribution is -0.302. The average molecular weight is 656 g/mol. The SMILES string of the molecule is CC[C@H]1OC(=O)[C@H](C)[C@H]2OCC(N)CO[C@](C)(C[C@@H](C)C(=O)[C@H](C)[C@H]3NC(=O)O[C@@]31C)[C@H](O[C@@H]1O[C@H](C)C[C@H](N(C)C)[C@H]1O)[C@H]2C. The van der Waals surface area contributed by atoms with Gasteiger partial charge in [-0.15, -0.1) is 0 Å². The van der Waals surface area contributed by atoms with E-state index in [1.165, 1.54) is 0 Å². The van der Waals surface area contributed by atoms with Crippen LogP contribution in [-0.4, -0.2) is 121 Å². The molecule has 4 aliphatic rings. The van der Waals surface area contributed by atoms with Crippen molar-refractivity contribution in [1.29, 1.82) is 0 Å². The van der Waals surface area contributed by atoms with Crippen LogP contribution in [0.5, 0.6) is 0 Å². The fraction of sp³-hybridized carbons (Fsp3) is 0.909.